The van der Waals surface area contributed by atoms with Crippen molar-refractivity contribution in [1.29, 1.82) is 0 Å². The van der Waals surface area contributed by atoms with Crippen LogP contribution in [0.5, 0.6) is 0 Å². The van der Waals surface area contributed by atoms with E-state index in [0.717, 1.165) is 6.42 Å². The van der Waals surface area contributed by atoms with Crippen LogP contribution in [0.2, 0.25) is 0 Å². The molecule has 6 nitrogen and oxygen atoms in total. The van der Waals surface area contributed by atoms with Crippen molar-refractivity contribution in [2.45, 2.75) is 52.1 Å². The SMILES string of the molecule is CCC(C)N(CC(=O)O)C(=O)CCC(=O)N1CCc2sccc2C1. The molecule has 1 N–H and O–H groups in total. The summed E-state index contributed by atoms with van der Waals surface area (Å²) in [4.78, 5) is 40.1. The molecule has 24 heavy (non-hydrogen) atoms. The van der Waals surface area contributed by atoms with Crippen LogP contribution in [0.25, 0.3) is 0 Å². The molecule has 2 amide bonds. The van der Waals surface area contributed by atoms with Gasteiger partial charge in [0.05, 0.1) is 0 Å². The lowest BCUT2D eigenvalue weighted by Gasteiger charge is -2.29. The normalized spacial score (nSPS) is 14.8. The zero-order valence-corrected chi connectivity index (χ0v) is 15.0. The predicted octanol–water partition coefficient (Wildman–Crippen LogP) is 2.12. The van der Waals surface area contributed by atoms with E-state index >= 15 is 0 Å². The van der Waals surface area contributed by atoms with Gasteiger partial charge >= 0.3 is 5.97 Å². The molecule has 0 radical (unpaired) electrons. The molecule has 0 aromatic carbocycles. The smallest absolute Gasteiger partial charge is 0.323 e. The molecule has 1 aliphatic rings. The number of hydrogen-bond donors (Lipinski definition) is 1. The Labute approximate surface area is 146 Å². The van der Waals surface area contributed by atoms with E-state index in [2.05, 4.69) is 0 Å². The maximum Gasteiger partial charge on any atom is 0.323 e. The summed E-state index contributed by atoms with van der Waals surface area (Å²) in [5.74, 6) is -1.34. The number of amides is 2. The van der Waals surface area contributed by atoms with Crippen molar-refractivity contribution in [3.8, 4) is 0 Å². The highest BCUT2D eigenvalue weighted by Crippen LogP contribution is 2.24. The Morgan fingerprint density at radius 3 is 2.79 bits per heavy atom. The van der Waals surface area contributed by atoms with E-state index in [1.807, 2.05) is 25.3 Å². The number of thiophene rings is 1. The van der Waals surface area contributed by atoms with E-state index in [-0.39, 0.29) is 37.2 Å². The first-order valence-corrected chi connectivity index (χ1v) is 9.14. The lowest BCUT2D eigenvalue weighted by molar-refractivity contribution is -0.146. The number of hydrogen-bond acceptors (Lipinski definition) is 4. The minimum Gasteiger partial charge on any atom is -0.480 e. The molecule has 1 unspecified atom stereocenters. The Morgan fingerprint density at radius 2 is 2.12 bits per heavy atom. The summed E-state index contributed by atoms with van der Waals surface area (Å²) in [6.45, 7) is 4.71. The summed E-state index contributed by atoms with van der Waals surface area (Å²) in [5, 5.41) is 11.0. The summed E-state index contributed by atoms with van der Waals surface area (Å²) >= 11 is 1.72. The molecule has 0 aliphatic carbocycles. The van der Waals surface area contributed by atoms with Gasteiger partial charge in [-0.2, -0.15) is 0 Å². The lowest BCUT2D eigenvalue weighted by atomic mass is 10.1. The fraction of sp³-hybridized carbons (Fsp3) is 0.588. The molecule has 0 saturated heterocycles. The molecule has 1 aromatic heterocycles. The fourth-order valence-electron chi connectivity index (χ4n) is 2.83. The van der Waals surface area contributed by atoms with Crippen LogP contribution in [0.4, 0.5) is 0 Å². The van der Waals surface area contributed by atoms with Crippen molar-refractivity contribution in [3.63, 3.8) is 0 Å². The minimum atomic E-state index is -1.03. The number of rotatable bonds is 7. The van der Waals surface area contributed by atoms with Gasteiger partial charge in [-0.15, -0.1) is 11.3 Å². The number of aliphatic carboxylic acids is 1. The van der Waals surface area contributed by atoms with E-state index in [1.54, 1.807) is 16.2 Å². The van der Waals surface area contributed by atoms with E-state index in [4.69, 9.17) is 5.11 Å². The molecule has 0 bridgehead atoms. The predicted molar refractivity (Wildman–Crippen MR) is 91.8 cm³/mol. The number of carboxylic acids is 1. The second kappa shape index (κ2) is 8.28. The third kappa shape index (κ3) is 4.56. The van der Waals surface area contributed by atoms with Crippen molar-refractivity contribution in [2.75, 3.05) is 13.1 Å². The first-order chi connectivity index (χ1) is 11.4. The number of carboxylic acid groups (broad SMARTS) is 1. The van der Waals surface area contributed by atoms with E-state index in [1.165, 1.54) is 15.3 Å². The van der Waals surface area contributed by atoms with Crippen LogP contribution in [0, 0.1) is 0 Å². The van der Waals surface area contributed by atoms with Crippen LogP contribution in [0.15, 0.2) is 11.4 Å². The van der Waals surface area contributed by atoms with E-state index < -0.39 is 5.97 Å². The van der Waals surface area contributed by atoms with Gasteiger partial charge in [-0.25, -0.2) is 0 Å². The van der Waals surface area contributed by atoms with Gasteiger partial charge in [-0.05, 0) is 36.8 Å². The molecular formula is C17H24N2O4S. The summed E-state index contributed by atoms with van der Waals surface area (Å²) < 4.78 is 0. The van der Waals surface area contributed by atoms with Crippen LogP contribution < -0.4 is 0 Å². The molecule has 1 aliphatic heterocycles. The summed E-state index contributed by atoms with van der Waals surface area (Å²) in [6, 6.07) is 1.90. The van der Waals surface area contributed by atoms with Gasteiger partial charge in [0.25, 0.3) is 0 Å². The van der Waals surface area contributed by atoms with Crippen LogP contribution >= 0.6 is 11.3 Å². The second-order valence-corrected chi connectivity index (χ2v) is 7.11. The Hall–Kier alpha value is -1.89. The van der Waals surface area contributed by atoms with Crippen molar-refractivity contribution in [1.82, 2.24) is 9.80 Å². The highest BCUT2D eigenvalue weighted by Gasteiger charge is 2.25. The number of nitrogens with zero attached hydrogens (tertiary/aromatic N) is 2. The lowest BCUT2D eigenvalue weighted by Crippen LogP contribution is -2.42. The minimum absolute atomic E-state index is 0.0420. The van der Waals surface area contributed by atoms with Crippen molar-refractivity contribution >= 4 is 29.1 Å². The third-order valence-corrected chi connectivity index (χ3v) is 5.48. The van der Waals surface area contributed by atoms with Crippen molar-refractivity contribution in [2.24, 2.45) is 0 Å². The van der Waals surface area contributed by atoms with Crippen LogP contribution in [-0.4, -0.2) is 51.8 Å². The summed E-state index contributed by atoms with van der Waals surface area (Å²) in [6.07, 6.45) is 1.74. The number of carbonyl (C=O) groups is 3. The zero-order chi connectivity index (χ0) is 17.7. The van der Waals surface area contributed by atoms with Crippen LogP contribution in [0.1, 0.15) is 43.6 Å². The monoisotopic (exact) mass is 352 g/mol. The highest BCUT2D eigenvalue weighted by atomic mass is 32.1. The van der Waals surface area contributed by atoms with E-state index in [0.29, 0.717) is 19.5 Å². The molecule has 2 rings (SSSR count). The standard InChI is InChI=1S/C17H24N2O4S/c1-3-12(2)19(11-17(22)23)16(21)5-4-15(20)18-8-6-14-13(10-18)7-9-24-14/h7,9,12H,3-6,8,10-11H2,1-2H3,(H,22,23). The maximum atomic E-state index is 12.4. The third-order valence-electron chi connectivity index (χ3n) is 4.46. The Morgan fingerprint density at radius 1 is 1.38 bits per heavy atom. The van der Waals surface area contributed by atoms with Gasteiger partial charge in [-0.1, -0.05) is 6.92 Å². The Bertz CT molecular complexity index is 613. The Balaban J connectivity index is 1.88. The van der Waals surface area contributed by atoms with Crippen molar-refractivity contribution in [3.05, 3.63) is 21.9 Å². The summed E-state index contributed by atoms with van der Waals surface area (Å²) in [7, 11) is 0. The van der Waals surface area contributed by atoms with Crippen molar-refractivity contribution < 1.29 is 19.5 Å². The first-order valence-electron chi connectivity index (χ1n) is 8.26. The number of carbonyl (C=O) groups excluding carboxylic acids is 2. The van der Waals surface area contributed by atoms with E-state index in [9.17, 15) is 14.4 Å². The average molecular weight is 352 g/mol. The van der Waals surface area contributed by atoms with Crippen LogP contribution in [0.3, 0.4) is 0 Å². The second-order valence-electron chi connectivity index (χ2n) is 6.11. The molecule has 0 saturated carbocycles. The van der Waals surface area contributed by atoms with Gasteiger partial charge in [0.1, 0.15) is 6.54 Å². The molecule has 0 fully saturated rings. The molecule has 1 aromatic rings. The quantitative estimate of drug-likeness (QED) is 0.815. The maximum absolute atomic E-state index is 12.4. The zero-order valence-electron chi connectivity index (χ0n) is 14.2. The fourth-order valence-corrected chi connectivity index (χ4v) is 3.72. The first kappa shape index (κ1) is 18.4. The largest absolute Gasteiger partial charge is 0.480 e. The summed E-state index contributed by atoms with van der Waals surface area (Å²) in [5.41, 5.74) is 1.19. The van der Waals surface area contributed by atoms with Gasteiger partial charge in [0.2, 0.25) is 11.8 Å². The number of fused-ring (bicyclic) bond motifs is 1. The topological polar surface area (TPSA) is 77.9 Å². The van der Waals surface area contributed by atoms with Gasteiger partial charge < -0.3 is 14.9 Å². The molecule has 0 spiro atoms. The van der Waals surface area contributed by atoms with Gasteiger partial charge in [0, 0.05) is 36.9 Å². The van der Waals surface area contributed by atoms with Gasteiger partial charge in [0.15, 0.2) is 0 Å². The molecule has 1 atom stereocenters. The highest BCUT2D eigenvalue weighted by molar-refractivity contribution is 7.10. The molecule has 2 heterocycles. The molecule has 7 heteroatoms. The Kier molecular flexibility index (Phi) is 6.36. The molecule has 132 valence electrons. The molecular weight excluding hydrogens is 328 g/mol. The van der Waals surface area contributed by atoms with Crippen LogP contribution in [-0.2, 0) is 27.3 Å². The van der Waals surface area contributed by atoms with Gasteiger partial charge in [-0.3, -0.25) is 14.4 Å². The average Bonchev–Trinajstić information content (AvgIpc) is 3.03.